The number of hydrogen-bond acceptors (Lipinski definition) is 2. The summed E-state index contributed by atoms with van der Waals surface area (Å²) < 4.78 is 24.1. The highest BCUT2D eigenvalue weighted by molar-refractivity contribution is 5.98. The van der Waals surface area contributed by atoms with E-state index in [1.54, 1.807) is 12.1 Å². The average Bonchev–Trinajstić information content (AvgIpc) is 2.16. The Balaban J connectivity index is 2.63. The van der Waals surface area contributed by atoms with E-state index in [9.17, 15) is 13.6 Å². The van der Waals surface area contributed by atoms with Gasteiger partial charge in [0.1, 0.15) is 0 Å². The molecule has 0 N–H and O–H groups in total. The van der Waals surface area contributed by atoms with E-state index in [4.69, 9.17) is 0 Å². The van der Waals surface area contributed by atoms with Crippen LogP contribution in [0.25, 0.3) is 0 Å². The molecule has 1 aromatic rings. The van der Waals surface area contributed by atoms with E-state index in [0.717, 1.165) is 5.56 Å². The molecule has 0 saturated heterocycles. The Morgan fingerprint density at radius 1 is 1.38 bits per heavy atom. The summed E-state index contributed by atoms with van der Waals surface area (Å²) >= 11 is 0. The number of benzene rings is 1. The van der Waals surface area contributed by atoms with Crippen LogP contribution in [0.15, 0.2) is 24.3 Å². The summed E-state index contributed by atoms with van der Waals surface area (Å²) in [4.78, 5) is 13.1. The van der Waals surface area contributed by atoms with Gasteiger partial charge in [-0.15, -0.1) is 0 Å². The third-order valence-electron chi connectivity index (χ3n) is 2.31. The van der Waals surface area contributed by atoms with E-state index in [-0.39, 0.29) is 18.9 Å². The Kier molecular flexibility index (Phi) is 4.55. The minimum Gasteiger partial charge on any atom is -0.293 e. The Bertz CT molecular complexity index is 366. The molecule has 16 heavy (non-hydrogen) atoms. The molecule has 1 rings (SSSR count). The SMILES string of the molecule is Cc1ccccc1C(=O)CN(C)CC(F)F. The topological polar surface area (TPSA) is 20.3 Å². The first-order chi connectivity index (χ1) is 7.50. The summed E-state index contributed by atoms with van der Waals surface area (Å²) in [5.41, 5.74) is 1.47. The van der Waals surface area contributed by atoms with Crippen molar-refractivity contribution in [3.63, 3.8) is 0 Å². The fourth-order valence-electron chi connectivity index (χ4n) is 1.52. The summed E-state index contributed by atoms with van der Waals surface area (Å²) in [7, 11) is 1.52. The average molecular weight is 227 g/mol. The molecule has 0 unspecified atom stereocenters. The minimum atomic E-state index is -2.41. The zero-order valence-electron chi connectivity index (χ0n) is 9.41. The van der Waals surface area contributed by atoms with E-state index in [2.05, 4.69) is 0 Å². The van der Waals surface area contributed by atoms with Crippen LogP contribution in [0.3, 0.4) is 0 Å². The smallest absolute Gasteiger partial charge is 0.251 e. The molecule has 0 aromatic heterocycles. The highest BCUT2D eigenvalue weighted by Crippen LogP contribution is 2.08. The minimum absolute atomic E-state index is 0.0230. The van der Waals surface area contributed by atoms with Crippen LogP contribution in [0.2, 0.25) is 0 Å². The van der Waals surface area contributed by atoms with Gasteiger partial charge in [-0.25, -0.2) is 8.78 Å². The standard InChI is InChI=1S/C12H15F2NO/c1-9-5-3-4-6-10(9)11(16)7-15(2)8-12(13)14/h3-6,12H,7-8H2,1-2H3. The number of Topliss-reactive ketones (excluding diaryl/α,β-unsaturated/α-hetero) is 1. The number of halogens is 2. The molecule has 0 aliphatic rings. The van der Waals surface area contributed by atoms with Crippen molar-refractivity contribution in [2.75, 3.05) is 20.1 Å². The molecule has 4 heteroatoms. The van der Waals surface area contributed by atoms with Gasteiger partial charge in [0.15, 0.2) is 5.78 Å². The first kappa shape index (κ1) is 12.8. The quantitative estimate of drug-likeness (QED) is 0.720. The molecule has 0 amide bonds. The molecule has 0 atom stereocenters. The van der Waals surface area contributed by atoms with Crippen molar-refractivity contribution >= 4 is 5.78 Å². The number of carbonyl (C=O) groups excluding carboxylic acids is 1. The molecule has 0 saturated carbocycles. The lowest BCUT2D eigenvalue weighted by Gasteiger charge is -2.15. The van der Waals surface area contributed by atoms with Crippen LogP contribution in [-0.2, 0) is 0 Å². The van der Waals surface area contributed by atoms with Crippen LogP contribution in [0.4, 0.5) is 8.78 Å². The van der Waals surface area contributed by atoms with Gasteiger partial charge < -0.3 is 0 Å². The van der Waals surface area contributed by atoms with Gasteiger partial charge in [0.05, 0.1) is 13.1 Å². The Labute approximate surface area is 93.9 Å². The largest absolute Gasteiger partial charge is 0.293 e. The number of likely N-dealkylation sites (N-methyl/N-ethyl adjacent to an activating group) is 1. The highest BCUT2D eigenvalue weighted by Gasteiger charge is 2.14. The maximum absolute atomic E-state index is 12.1. The highest BCUT2D eigenvalue weighted by atomic mass is 19.3. The summed E-state index contributed by atoms with van der Waals surface area (Å²) in [6.07, 6.45) is -2.41. The van der Waals surface area contributed by atoms with Crippen molar-refractivity contribution in [3.05, 3.63) is 35.4 Å². The van der Waals surface area contributed by atoms with Crippen LogP contribution in [0, 0.1) is 6.92 Å². The van der Waals surface area contributed by atoms with Gasteiger partial charge in [-0.2, -0.15) is 0 Å². The third kappa shape index (κ3) is 3.70. The summed E-state index contributed by atoms with van der Waals surface area (Å²) in [6, 6.07) is 7.16. The molecular formula is C12H15F2NO. The second-order valence-corrected chi connectivity index (χ2v) is 3.83. The predicted octanol–water partition coefficient (Wildman–Crippen LogP) is 2.37. The number of aryl methyl sites for hydroxylation is 1. The van der Waals surface area contributed by atoms with Gasteiger partial charge in [-0.3, -0.25) is 9.69 Å². The van der Waals surface area contributed by atoms with Crippen molar-refractivity contribution in [1.29, 1.82) is 0 Å². The molecule has 0 bridgehead atoms. The van der Waals surface area contributed by atoms with Crippen molar-refractivity contribution in [1.82, 2.24) is 4.90 Å². The fourth-order valence-corrected chi connectivity index (χ4v) is 1.52. The van der Waals surface area contributed by atoms with E-state index < -0.39 is 6.43 Å². The number of carbonyl (C=O) groups is 1. The summed E-state index contributed by atoms with van der Waals surface area (Å²) in [6.45, 7) is 1.48. The molecule has 0 radical (unpaired) electrons. The lowest BCUT2D eigenvalue weighted by molar-refractivity contribution is 0.0819. The summed E-state index contributed by atoms with van der Waals surface area (Å²) in [5, 5.41) is 0. The monoisotopic (exact) mass is 227 g/mol. The Morgan fingerprint density at radius 2 is 2.00 bits per heavy atom. The maximum atomic E-state index is 12.1. The number of hydrogen-bond donors (Lipinski definition) is 0. The van der Waals surface area contributed by atoms with E-state index in [1.165, 1.54) is 11.9 Å². The second-order valence-electron chi connectivity index (χ2n) is 3.83. The van der Waals surface area contributed by atoms with Crippen molar-refractivity contribution < 1.29 is 13.6 Å². The molecule has 0 aliphatic heterocycles. The Morgan fingerprint density at radius 3 is 2.56 bits per heavy atom. The van der Waals surface area contributed by atoms with Crippen LogP contribution >= 0.6 is 0 Å². The zero-order valence-corrected chi connectivity index (χ0v) is 9.41. The van der Waals surface area contributed by atoms with Crippen LogP contribution in [-0.4, -0.2) is 37.2 Å². The van der Waals surface area contributed by atoms with E-state index in [1.807, 2.05) is 19.1 Å². The van der Waals surface area contributed by atoms with Gasteiger partial charge in [0.2, 0.25) is 0 Å². The lowest BCUT2D eigenvalue weighted by atomic mass is 10.0. The van der Waals surface area contributed by atoms with Gasteiger partial charge in [-0.1, -0.05) is 24.3 Å². The van der Waals surface area contributed by atoms with Gasteiger partial charge in [0, 0.05) is 5.56 Å². The zero-order chi connectivity index (χ0) is 12.1. The first-order valence-electron chi connectivity index (χ1n) is 5.06. The van der Waals surface area contributed by atoms with Crippen LogP contribution < -0.4 is 0 Å². The molecule has 1 aromatic carbocycles. The first-order valence-corrected chi connectivity index (χ1v) is 5.06. The van der Waals surface area contributed by atoms with E-state index >= 15 is 0 Å². The van der Waals surface area contributed by atoms with Gasteiger partial charge in [-0.05, 0) is 19.5 Å². The van der Waals surface area contributed by atoms with Crippen LogP contribution in [0.1, 0.15) is 15.9 Å². The molecular weight excluding hydrogens is 212 g/mol. The third-order valence-corrected chi connectivity index (χ3v) is 2.31. The lowest BCUT2D eigenvalue weighted by Crippen LogP contribution is -2.30. The van der Waals surface area contributed by atoms with E-state index in [0.29, 0.717) is 5.56 Å². The van der Waals surface area contributed by atoms with Crippen molar-refractivity contribution in [3.8, 4) is 0 Å². The van der Waals surface area contributed by atoms with Gasteiger partial charge >= 0.3 is 0 Å². The van der Waals surface area contributed by atoms with Crippen LogP contribution in [0.5, 0.6) is 0 Å². The number of ketones is 1. The van der Waals surface area contributed by atoms with Gasteiger partial charge in [0.25, 0.3) is 6.43 Å². The van der Waals surface area contributed by atoms with Crippen molar-refractivity contribution in [2.45, 2.75) is 13.3 Å². The maximum Gasteiger partial charge on any atom is 0.251 e. The predicted molar refractivity (Wildman–Crippen MR) is 59.0 cm³/mol. The van der Waals surface area contributed by atoms with Crippen molar-refractivity contribution in [2.24, 2.45) is 0 Å². The molecule has 0 spiro atoms. The second kappa shape index (κ2) is 5.70. The molecule has 0 fully saturated rings. The fraction of sp³-hybridized carbons (Fsp3) is 0.417. The molecule has 2 nitrogen and oxygen atoms in total. The molecule has 0 heterocycles. The molecule has 0 aliphatic carbocycles. The Hall–Kier alpha value is -1.29. The normalized spacial score (nSPS) is 11.1. The summed E-state index contributed by atoms with van der Waals surface area (Å²) in [5.74, 6) is -0.124. The molecule has 88 valence electrons. The number of rotatable bonds is 5. The number of alkyl halides is 2. The number of nitrogens with zero attached hydrogens (tertiary/aromatic N) is 1.